The number of anilines is 2. The van der Waals surface area contributed by atoms with Gasteiger partial charge in [0.25, 0.3) is 15.9 Å². The lowest BCUT2D eigenvalue weighted by atomic mass is 10.0. The molecule has 0 aliphatic carbocycles. The molecule has 0 aromatic heterocycles. The number of ether oxygens (including phenoxy) is 1. The van der Waals surface area contributed by atoms with Crippen molar-refractivity contribution in [2.45, 2.75) is 29.6 Å². The molecule has 0 bridgehead atoms. The summed E-state index contributed by atoms with van der Waals surface area (Å²) in [7, 11) is -3.70. The SMILES string of the molecule is CSc1cccc(NC(=O)COc2ccc(S(=O)(=O)N3CCCc4ccccc43)cc2C)c1. The Hall–Kier alpha value is -2.97. The maximum Gasteiger partial charge on any atom is 0.264 e. The molecule has 33 heavy (non-hydrogen) atoms. The number of thioether (sulfide) groups is 1. The first kappa shape index (κ1) is 23.2. The lowest BCUT2D eigenvalue weighted by Gasteiger charge is -2.30. The molecule has 0 spiro atoms. The standard InChI is InChI=1S/C25H26N2O4S2/c1-18-15-22(33(29,30)27-14-6-8-19-7-3-4-11-23(19)27)12-13-24(18)31-17-25(28)26-20-9-5-10-21(16-20)32-2/h3-5,7,9-13,15-16H,6,8,14,17H2,1-2H3,(H,26,28). The number of fused-ring (bicyclic) bond motifs is 1. The predicted molar refractivity (Wildman–Crippen MR) is 133 cm³/mol. The highest BCUT2D eigenvalue weighted by Gasteiger charge is 2.29. The van der Waals surface area contributed by atoms with Gasteiger partial charge in [0.05, 0.1) is 10.6 Å². The number of para-hydroxylation sites is 1. The third-order valence-corrected chi connectivity index (χ3v) is 8.05. The molecule has 1 amide bonds. The Balaban J connectivity index is 1.45. The molecule has 1 N–H and O–H groups in total. The zero-order chi connectivity index (χ0) is 23.4. The molecule has 0 saturated heterocycles. The van der Waals surface area contributed by atoms with Gasteiger partial charge in [-0.1, -0.05) is 24.3 Å². The van der Waals surface area contributed by atoms with Crippen LogP contribution in [0.25, 0.3) is 0 Å². The Morgan fingerprint density at radius 2 is 1.91 bits per heavy atom. The van der Waals surface area contributed by atoms with Crippen LogP contribution in [0.3, 0.4) is 0 Å². The highest BCUT2D eigenvalue weighted by Crippen LogP contribution is 2.33. The Morgan fingerprint density at radius 3 is 2.70 bits per heavy atom. The number of sulfonamides is 1. The topological polar surface area (TPSA) is 75.7 Å². The fourth-order valence-electron chi connectivity index (χ4n) is 3.86. The molecule has 0 atom stereocenters. The summed E-state index contributed by atoms with van der Waals surface area (Å²) >= 11 is 1.60. The average molecular weight is 483 g/mol. The van der Waals surface area contributed by atoms with Gasteiger partial charge in [0, 0.05) is 17.1 Å². The van der Waals surface area contributed by atoms with E-state index < -0.39 is 10.0 Å². The van der Waals surface area contributed by atoms with E-state index in [0.717, 1.165) is 29.0 Å². The molecular formula is C25H26N2O4S2. The van der Waals surface area contributed by atoms with E-state index in [2.05, 4.69) is 5.32 Å². The van der Waals surface area contributed by atoms with E-state index in [-0.39, 0.29) is 17.4 Å². The minimum atomic E-state index is -3.70. The van der Waals surface area contributed by atoms with E-state index in [9.17, 15) is 13.2 Å². The van der Waals surface area contributed by atoms with Gasteiger partial charge in [0.1, 0.15) is 5.75 Å². The van der Waals surface area contributed by atoms with Gasteiger partial charge in [0.15, 0.2) is 6.61 Å². The van der Waals surface area contributed by atoms with Crippen LogP contribution in [0.2, 0.25) is 0 Å². The van der Waals surface area contributed by atoms with Crippen LogP contribution in [-0.4, -0.2) is 33.7 Å². The van der Waals surface area contributed by atoms with Gasteiger partial charge in [-0.2, -0.15) is 0 Å². The zero-order valence-electron chi connectivity index (χ0n) is 18.6. The molecule has 6 nitrogen and oxygen atoms in total. The monoisotopic (exact) mass is 482 g/mol. The molecule has 172 valence electrons. The van der Waals surface area contributed by atoms with Gasteiger partial charge in [-0.15, -0.1) is 11.8 Å². The number of carbonyl (C=O) groups excluding carboxylic acids is 1. The molecule has 8 heteroatoms. The quantitative estimate of drug-likeness (QED) is 0.486. The molecule has 4 rings (SSSR count). The Morgan fingerprint density at radius 1 is 1.09 bits per heavy atom. The number of rotatable bonds is 7. The van der Waals surface area contributed by atoms with E-state index in [1.165, 1.54) is 10.4 Å². The van der Waals surface area contributed by atoms with Gasteiger partial charge < -0.3 is 10.1 Å². The minimum Gasteiger partial charge on any atom is -0.483 e. The molecule has 1 aliphatic rings. The highest BCUT2D eigenvalue weighted by atomic mass is 32.2. The summed E-state index contributed by atoms with van der Waals surface area (Å²) in [6.07, 6.45) is 3.63. The molecule has 0 unspecified atom stereocenters. The average Bonchev–Trinajstić information content (AvgIpc) is 2.83. The lowest BCUT2D eigenvalue weighted by Crippen LogP contribution is -2.35. The lowest BCUT2D eigenvalue weighted by molar-refractivity contribution is -0.118. The van der Waals surface area contributed by atoms with Crippen LogP contribution >= 0.6 is 11.8 Å². The number of amides is 1. The number of nitrogens with one attached hydrogen (secondary N) is 1. The second kappa shape index (κ2) is 9.89. The van der Waals surface area contributed by atoms with Crippen LogP contribution in [-0.2, 0) is 21.2 Å². The number of hydrogen-bond acceptors (Lipinski definition) is 5. The van der Waals surface area contributed by atoms with Gasteiger partial charge in [-0.05, 0) is 79.6 Å². The summed E-state index contributed by atoms with van der Waals surface area (Å²) < 4.78 is 33.9. The molecule has 0 saturated carbocycles. The summed E-state index contributed by atoms with van der Waals surface area (Å²) in [6.45, 7) is 2.06. The third-order valence-electron chi connectivity index (χ3n) is 5.51. The van der Waals surface area contributed by atoms with Crippen LogP contribution in [0.15, 0.2) is 76.5 Å². The minimum absolute atomic E-state index is 0.171. The van der Waals surface area contributed by atoms with Gasteiger partial charge in [-0.25, -0.2) is 8.42 Å². The molecule has 1 aliphatic heterocycles. The number of aryl methyl sites for hydroxylation is 2. The van der Waals surface area contributed by atoms with Crippen LogP contribution in [0.5, 0.6) is 5.75 Å². The normalized spacial score (nSPS) is 13.3. The number of hydrogen-bond donors (Lipinski definition) is 1. The fraction of sp³-hybridized carbons (Fsp3) is 0.240. The van der Waals surface area contributed by atoms with Crippen LogP contribution in [0.1, 0.15) is 17.5 Å². The second-order valence-corrected chi connectivity index (χ2v) is 10.5. The van der Waals surface area contributed by atoms with Crippen molar-refractivity contribution in [3.63, 3.8) is 0 Å². The summed E-state index contributed by atoms with van der Waals surface area (Å²) in [6, 6.07) is 19.9. The van der Waals surface area contributed by atoms with Crippen molar-refractivity contribution < 1.29 is 17.9 Å². The van der Waals surface area contributed by atoms with E-state index >= 15 is 0 Å². The number of benzene rings is 3. The molecule has 0 radical (unpaired) electrons. The highest BCUT2D eigenvalue weighted by molar-refractivity contribution is 7.98. The first-order valence-corrected chi connectivity index (χ1v) is 13.3. The predicted octanol–water partition coefficient (Wildman–Crippen LogP) is 4.88. The summed E-state index contributed by atoms with van der Waals surface area (Å²) in [5.74, 6) is 0.190. The third kappa shape index (κ3) is 5.17. The molecule has 3 aromatic carbocycles. The van der Waals surface area contributed by atoms with Crippen molar-refractivity contribution >= 4 is 39.1 Å². The summed E-state index contributed by atoms with van der Waals surface area (Å²) in [5.41, 5.74) is 3.14. The van der Waals surface area contributed by atoms with Crippen molar-refractivity contribution in [2.75, 3.05) is 29.0 Å². The van der Waals surface area contributed by atoms with Gasteiger partial charge in [-0.3, -0.25) is 9.10 Å². The smallest absolute Gasteiger partial charge is 0.264 e. The maximum absolute atomic E-state index is 13.4. The fourth-order valence-corrected chi connectivity index (χ4v) is 5.95. The molecule has 0 fully saturated rings. The van der Waals surface area contributed by atoms with E-state index in [1.807, 2.05) is 54.8 Å². The van der Waals surface area contributed by atoms with E-state index in [0.29, 0.717) is 23.5 Å². The largest absolute Gasteiger partial charge is 0.483 e. The maximum atomic E-state index is 13.4. The first-order valence-electron chi connectivity index (χ1n) is 10.7. The van der Waals surface area contributed by atoms with Crippen molar-refractivity contribution in [3.05, 3.63) is 77.9 Å². The van der Waals surface area contributed by atoms with E-state index in [1.54, 1.807) is 30.8 Å². The number of carbonyl (C=O) groups is 1. The van der Waals surface area contributed by atoms with Crippen molar-refractivity contribution in [1.82, 2.24) is 0 Å². The van der Waals surface area contributed by atoms with E-state index in [4.69, 9.17) is 4.74 Å². The Labute approximate surface area is 199 Å². The second-order valence-electron chi connectivity index (χ2n) is 7.81. The zero-order valence-corrected chi connectivity index (χ0v) is 20.2. The summed E-state index contributed by atoms with van der Waals surface area (Å²) in [5, 5.41) is 2.81. The molecular weight excluding hydrogens is 456 g/mol. The molecule has 3 aromatic rings. The van der Waals surface area contributed by atoms with Gasteiger partial charge in [0.2, 0.25) is 0 Å². The van der Waals surface area contributed by atoms with Crippen LogP contribution < -0.4 is 14.4 Å². The number of nitrogens with zero attached hydrogens (tertiary/aromatic N) is 1. The van der Waals surface area contributed by atoms with Crippen LogP contribution in [0.4, 0.5) is 11.4 Å². The van der Waals surface area contributed by atoms with Crippen molar-refractivity contribution in [1.29, 1.82) is 0 Å². The van der Waals surface area contributed by atoms with Crippen molar-refractivity contribution in [3.8, 4) is 5.75 Å². The first-order chi connectivity index (χ1) is 15.9. The van der Waals surface area contributed by atoms with Crippen molar-refractivity contribution in [2.24, 2.45) is 0 Å². The Kier molecular flexibility index (Phi) is 6.95. The van der Waals surface area contributed by atoms with Gasteiger partial charge >= 0.3 is 0 Å². The molecule has 1 heterocycles. The Bertz CT molecular complexity index is 1270. The summed E-state index contributed by atoms with van der Waals surface area (Å²) in [4.78, 5) is 13.6. The van der Waals surface area contributed by atoms with Crippen LogP contribution in [0, 0.1) is 6.92 Å².